The zero-order valence-electron chi connectivity index (χ0n) is 48.7. The molecule has 0 aromatic carbocycles. The van der Waals surface area contributed by atoms with E-state index in [1.807, 2.05) is 0 Å². The molecule has 1 heterocycles. The maximum Gasteiger partial charge on any atom is 0.245 e. The lowest BCUT2D eigenvalue weighted by atomic mass is 9.99. The summed E-state index contributed by atoms with van der Waals surface area (Å²) in [6.07, 6.45) is -0.840. The van der Waals surface area contributed by atoms with Crippen LogP contribution < -0.4 is 87.2 Å². The Bertz CT molecular complexity index is 2050. The van der Waals surface area contributed by atoms with Crippen molar-refractivity contribution in [2.24, 2.45) is 46.4 Å². The molecule has 0 unspecified atom stereocenters. The van der Waals surface area contributed by atoms with Crippen LogP contribution in [0.25, 0.3) is 0 Å². The minimum absolute atomic E-state index is 0.0132. The van der Waals surface area contributed by atoms with Crippen LogP contribution >= 0.6 is 0 Å². The molecule has 0 radical (unpaired) electrons. The summed E-state index contributed by atoms with van der Waals surface area (Å²) in [5.74, 6) is -9.93. The van der Waals surface area contributed by atoms with E-state index in [0.29, 0.717) is 12.3 Å². The van der Waals surface area contributed by atoms with Crippen LogP contribution in [0.3, 0.4) is 0 Å². The lowest BCUT2D eigenvalue weighted by molar-refractivity contribution is -0.137. The summed E-state index contributed by atoms with van der Waals surface area (Å²) in [5.41, 5.74) is 29.2. The maximum atomic E-state index is 14.4. The average Bonchev–Trinajstić information content (AvgIpc) is 3.39. The Balaban J connectivity index is 3.79. The fourth-order valence-corrected chi connectivity index (χ4v) is 8.57. The monoisotopic (exact) mass is 1150 g/mol. The molecule has 1 fully saturated rings. The highest BCUT2D eigenvalue weighted by Gasteiger charge is 2.38. The highest BCUT2D eigenvalue weighted by atomic mass is 16.3. The van der Waals surface area contributed by atoms with E-state index in [-0.39, 0.29) is 83.6 Å². The van der Waals surface area contributed by atoms with E-state index in [9.17, 15) is 63.0 Å². The van der Waals surface area contributed by atoms with Gasteiger partial charge >= 0.3 is 0 Å². The molecule has 1 rings (SSSR count). The number of nitrogens with two attached hydrogens (primary N) is 5. The molecule has 29 heteroatoms. The number of carbonyl (C=O) groups is 11. The number of rotatable bonds is 28. The van der Waals surface area contributed by atoms with Gasteiger partial charge in [0.25, 0.3) is 0 Å². The van der Waals surface area contributed by atoms with E-state index >= 15 is 0 Å². The van der Waals surface area contributed by atoms with Crippen molar-refractivity contribution in [1.29, 1.82) is 0 Å². The van der Waals surface area contributed by atoms with Gasteiger partial charge in [0.2, 0.25) is 65.0 Å². The first-order chi connectivity index (χ1) is 38.2. The summed E-state index contributed by atoms with van der Waals surface area (Å²) in [4.78, 5) is 152. The standard InChI is InChI=1S/C52H98N16O13/c1-9-29(6)12-10-11-13-39(71)59-32(14-20-53)47(76)68-42(31(8)70)52(81)64-35(17-23-56)44(73)62-37-19-25-58-50(79)41(30(7)69)67-48(77)36(18-24-57)61-43(72)34(16-22-55)63-51(80)40(28(4)5)66-49(78)38(26-27(2)3)65-45(74)33(15-21-54)60-46(37)75/h27-38,40-42,69-70H,9-26,53-57H2,1-8H3,(H,58,79)(H,59,71)(H,60,75)(H,61,72)(H,62,73)(H,63,80)(H,64,81)(H,65,74)(H,66,78)(H,67,77)(H,68,76)/t29-,30+,31+,32-,33-,34-,35-,36-,37-,38+,40-,41-,42-/m0/s1. The van der Waals surface area contributed by atoms with Gasteiger partial charge in [0.15, 0.2) is 0 Å². The van der Waals surface area contributed by atoms with Gasteiger partial charge in [0.1, 0.15) is 60.4 Å². The Labute approximate surface area is 475 Å². The van der Waals surface area contributed by atoms with Crippen molar-refractivity contribution in [2.75, 3.05) is 39.3 Å². The van der Waals surface area contributed by atoms with Gasteiger partial charge in [-0.05, 0) is 116 Å². The first kappa shape index (κ1) is 72.9. The molecule has 13 atom stereocenters. The second kappa shape index (κ2) is 38.6. The van der Waals surface area contributed by atoms with Crippen LogP contribution in [0.2, 0.25) is 0 Å². The third-order valence-corrected chi connectivity index (χ3v) is 13.6. The van der Waals surface area contributed by atoms with Crippen LogP contribution in [-0.4, -0.2) is 187 Å². The SMILES string of the molecule is CC[C@H](C)CCCCC(=O)N[C@@H](CCN)C(=O)N[C@H](C(=O)N[C@@H](CCN)C(=O)N[C@H]1CCNC(=O)[C@H]([C@@H](C)O)NC(=O)[C@H](CCN)NC(=O)[C@H](CCN)NC(=O)[C@H](C(C)C)NC(=O)[C@@H](CC(C)C)NC(=O)[C@H](CCN)NC1=O)[C@@H](C)O. The van der Waals surface area contributed by atoms with Gasteiger partial charge in [-0.1, -0.05) is 60.8 Å². The molecule has 81 heavy (non-hydrogen) atoms. The van der Waals surface area contributed by atoms with Crippen molar-refractivity contribution in [2.45, 2.75) is 205 Å². The first-order valence-electron chi connectivity index (χ1n) is 28.4. The molecular formula is C52H98N16O13. The molecule has 0 aromatic rings. The van der Waals surface area contributed by atoms with Crippen molar-refractivity contribution < 1.29 is 63.0 Å². The number of unbranched alkanes of at least 4 members (excludes halogenated alkanes) is 1. The van der Waals surface area contributed by atoms with Gasteiger partial charge in [0, 0.05) is 13.0 Å². The quantitative estimate of drug-likeness (QED) is 0.0325. The molecule has 0 bridgehead atoms. The Morgan fingerprint density at radius 1 is 0.543 bits per heavy atom. The number of amides is 11. The first-order valence-corrected chi connectivity index (χ1v) is 28.4. The van der Waals surface area contributed by atoms with Crippen LogP contribution in [-0.2, 0) is 52.7 Å². The Kier molecular flexibility index (Phi) is 34.7. The minimum Gasteiger partial charge on any atom is -0.391 e. The molecule has 1 aliphatic heterocycles. The van der Waals surface area contributed by atoms with E-state index in [2.05, 4.69) is 72.3 Å². The van der Waals surface area contributed by atoms with Crippen LogP contribution in [0, 0.1) is 17.8 Å². The van der Waals surface area contributed by atoms with Crippen molar-refractivity contribution in [1.82, 2.24) is 58.5 Å². The fraction of sp³-hybridized carbons (Fsp3) is 0.788. The molecule has 11 amide bonds. The summed E-state index contributed by atoms with van der Waals surface area (Å²) in [7, 11) is 0. The molecule has 0 aliphatic carbocycles. The molecule has 464 valence electrons. The van der Waals surface area contributed by atoms with Gasteiger partial charge in [-0.2, -0.15) is 0 Å². The Hall–Kier alpha value is -6.11. The summed E-state index contributed by atoms with van der Waals surface area (Å²) in [6, 6.07) is -14.5. The van der Waals surface area contributed by atoms with Crippen LogP contribution in [0.5, 0.6) is 0 Å². The van der Waals surface area contributed by atoms with Crippen molar-refractivity contribution in [3.63, 3.8) is 0 Å². The smallest absolute Gasteiger partial charge is 0.245 e. The predicted octanol–water partition coefficient (Wildman–Crippen LogP) is -5.83. The average molecular weight is 1160 g/mol. The topological polar surface area (TPSA) is 491 Å². The van der Waals surface area contributed by atoms with E-state index < -0.39 is 156 Å². The molecule has 23 N–H and O–H groups in total. The molecule has 0 aromatic heterocycles. The van der Waals surface area contributed by atoms with E-state index in [1.165, 1.54) is 13.8 Å². The lowest BCUT2D eigenvalue weighted by Gasteiger charge is -2.29. The highest BCUT2D eigenvalue weighted by Crippen LogP contribution is 2.14. The number of carbonyl (C=O) groups excluding carboxylic acids is 11. The van der Waals surface area contributed by atoms with E-state index in [4.69, 9.17) is 28.7 Å². The lowest BCUT2D eigenvalue weighted by Crippen LogP contribution is -2.62. The predicted molar refractivity (Wildman–Crippen MR) is 301 cm³/mol. The third kappa shape index (κ3) is 26.6. The Morgan fingerprint density at radius 3 is 1.51 bits per heavy atom. The number of hydrogen-bond donors (Lipinski definition) is 18. The molecule has 0 spiro atoms. The summed E-state index contributed by atoms with van der Waals surface area (Å²) in [5, 5.41) is 49.4. The number of hydrogen-bond acceptors (Lipinski definition) is 18. The van der Waals surface area contributed by atoms with Crippen LogP contribution in [0.4, 0.5) is 0 Å². The largest absolute Gasteiger partial charge is 0.391 e. The van der Waals surface area contributed by atoms with Gasteiger partial charge in [-0.15, -0.1) is 0 Å². The van der Waals surface area contributed by atoms with Crippen molar-refractivity contribution in [3.05, 3.63) is 0 Å². The molecule has 29 nitrogen and oxygen atoms in total. The zero-order valence-corrected chi connectivity index (χ0v) is 48.7. The second-order valence-electron chi connectivity index (χ2n) is 21.5. The molecular weight excluding hydrogens is 1060 g/mol. The number of aliphatic hydroxyl groups is 2. The van der Waals surface area contributed by atoms with Crippen molar-refractivity contribution >= 4 is 65.0 Å². The molecule has 1 saturated heterocycles. The summed E-state index contributed by atoms with van der Waals surface area (Å²) < 4.78 is 0. The van der Waals surface area contributed by atoms with Gasteiger partial charge in [-0.25, -0.2) is 0 Å². The van der Waals surface area contributed by atoms with Gasteiger partial charge in [0.05, 0.1) is 12.2 Å². The van der Waals surface area contributed by atoms with E-state index in [1.54, 1.807) is 27.7 Å². The van der Waals surface area contributed by atoms with Gasteiger partial charge in [-0.3, -0.25) is 52.7 Å². The van der Waals surface area contributed by atoms with Crippen LogP contribution in [0.15, 0.2) is 0 Å². The molecule has 1 aliphatic rings. The number of nitrogens with one attached hydrogen (secondary N) is 11. The zero-order chi connectivity index (χ0) is 61.5. The Morgan fingerprint density at radius 2 is 1.02 bits per heavy atom. The summed E-state index contributed by atoms with van der Waals surface area (Å²) in [6.45, 7) is 12.3. The fourth-order valence-electron chi connectivity index (χ4n) is 8.57. The van der Waals surface area contributed by atoms with E-state index in [0.717, 1.165) is 19.3 Å². The number of aliphatic hydroxyl groups excluding tert-OH is 2. The normalized spacial score (nSPS) is 23.6. The van der Waals surface area contributed by atoms with Crippen molar-refractivity contribution in [3.8, 4) is 0 Å². The van der Waals surface area contributed by atoms with Gasteiger partial charge < -0.3 is 97.4 Å². The minimum atomic E-state index is -1.69. The third-order valence-electron chi connectivity index (χ3n) is 13.6. The molecule has 0 saturated carbocycles. The highest BCUT2D eigenvalue weighted by molar-refractivity contribution is 5.99. The maximum absolute atomic E-state index is 14.4. The summed E-state index contributed by atoms with van der Waals surface area (Å²) >= 11 is 0. The van der Waals surface area contributed by atoms with Crippen LogP contribution in [0.1, 0.15) is 132 Å². The second-order valence-corrected chi connectivity index (χ2v) is 21.5.